The standard InChI is InChI=1S/C20H23N5O4/c1-3-10-28-11-12-29-18-17-16(24-19(21)25-18)9-8-15(23-17)13-4-6-14(7-5-13)22-20(26)27-2/h4-9H,3,10-12H2,1-2H3,(H,22,26)(H2,21,24,25). The zero-order chi connectivity index (χ0) is 20.6. The number of nitrogens with zero attached hydrogens (tertiary/aromatic N) is 3. The lowest BCUT2D eigenvalue weighted by Crippen LogP contribution is -2.10. The SMILES string of the molecule is CCCOCCOc1nc(N)nc2ccc(-c3ccc(NC(=O)OC)cc3)nc12. The predicted octanol–water partition coefficient (Wildman–Crippen LogP) is 3.26. The van der Waals surface area contributed by atoms with Gasteiger partial charge in [-0.3, -0.25) is 5.32 Å². The van der Waals surface area contributed by atoms with Crippen molar-refractivity contribution < 1.29 is 19.0 Å². The van der Waals surface area contributed by atoms with Crippen molar-refractivity contribution in [3.63, 3.8) is 0 Å². The average molecular weight is 397 g/mol. The molecule has 2 aromatic heterocycles. The Morgan fingerprint density at radius 2 is 1.83 bits per heavy atom. The molecule has 0 saturated heterocycles. The van der Waals surface area contributed by atoms with Gasteiger partial charge in [-0.15, -0.1) is 0 Å². The second kappa shape index (κ2) is 9.65. The van der Waals surface area contributed by atoms with Gasteiger partial charge in [0.2, 0.25) is 11.8 Å². The van der Waals surface area contributed by atoms with E-state index in [1.165, 1.54) is 7.11 Å². The summed E-state index contributed by atoms with van der Waals surface area (Å²) in [7, 11) is 1.31. The van der Waals surface area contributed by atoms with Gasteiger partial charge < -0.3 is 19.9 Å². The summed E-state index contributed by atoms with van der Waals surface area (Å²) in [6.45, 7) is 3.52. The summed E-state index contributed by atoms with van der Waals surface area (Å²) in [5.74, 6) is 0.438. The molecule has 3 rings (SSSR count). The van der Waals surface area contributed by atoms with Crippen LogP contribution in [0.2, 0.25) is 0 Å². The number of amides is 1. The summed E-state index contributed by atoms with van der Waals surface area (Å²) in [4.78, 5) is 24.3. The summed E-state index contributed by atoms with van der Waals surface area (Å²) in [6.07, 6.45) is 0.420. The van der Waals surface area contributed by atoms with Crippen LogP contribution in [0.25, 0.3) is 22.3 Å². The molecule has 0 aliphatic carbocycles. The van der Waals surface area contributed by atoms with Gasteiger partial charge in [-0.2, -0.15) is 4.98 Å². The molecule has 0 aliphatic heterocycles. The number of nitrogens with one attached hydrogen (secondary N) is 1. The van der Waals surface area contributed by atoms with E-state index in [-0.39, 0.29) is 5.95 Å². The van der Waals surface area contributed by atoms with Gasteiger partial charge in [0.05, 0.1) is 24.9 Å². The predicted molar refractivity (Wildman–Crippen MR) is 110 cm³/mol. The van der Waals surface area contributed by atoms with Crippen molar-refractivity contribution in [2.45, 2.75) is 13.3 Å². The van der Waals surface area contributed by atoms with E-state index in [0.717, 1.165) is 12.0 Å². The molecule has 1 amide bonds. The third-order valence-electron chi connectivity index (χ3n) is 3.95. The Hall–Kier alpha value is -3.46. The number of carbonyl (C=O) groups is 1. The number of hydrogen-bond acceptors (Lipinski definition) is 8. The van der Waals surface area contributed by atoms with E-state index in [0.29, 0.717) is 48.1 Å². The molecule has 3 N–H and O–H groups in total. The number of carbonyl (C=O) groups excluding carboxylic acids is 1. The van der Waals surface area contributed by atoms with Gasteiger partial charge >= 0.3 is 6.09 Å². The van der Waals surface area contributed by atoms with Crippen LogP contribution in [-0.2, 0) is 9.47 Å². The van der Waals surface area contributed by atoms with Crippen LogP contribution in [0.5, 0.6) is 5.88 Å². The minimum atomic E-state index is -0.527. The van der Waals surface area contributed by atoms with Crippen LogP contribution in [0.4, 0.5) is 16.4 Å². The number of anilines is 2. The largest absolute Gasteiger partial charge is 0.474 e. The van der Waals surface area contributed by atoms with Crippen LogP contribution in [0.15, 0.2) is 36.4 Å². The molecule has 0 radical (unpaired) electrons. The molecule has 152 valence electrons. The van der Waals surface area contributed by atoms with Gasteiger partial charge in [0.25, 0.3) is 0 Å². The van der Waals surface area contributed by atoms with Crippen LogP contribution in [0.3, 0.4) is 0 Å². The third-order valence-corrected chi connectivity index (χ3v) is 3.95. The Morgan fingerprint density at radius 1 is 1.03 bits per heavy atom. The van der Waals surface area contributed by atoms with Gasteiger partial charge in [0.15, 0.2) is 5.52 Å². The van der Waals surface area contributed by atoms with Gasteiger partial charge in [0.1, 0.15) is 6.61 Å². The van der Waals surface area contributed by atoms with E-state index in [1.807, 2.05) is 31.2 Å². The molecule has 0 spiro atoms. The molecule has 0 atom stereocenters. The van der Waals surface area contributed by atoms with Gasteiger partial charge in [-0.1, -0.05) is 19.1 Å². The van der Waals surface area contributed by atoms with Crippen LogP contribution in [0.1, 0.15) is 13.3 Å². The molecule has 0 aliphatic rings. The molecule has 9 heteroatoms. The van der Waals surface area contributed by atoms with E-state index in [4.69, 9.17) is 15.2 Å². The summed E-state index contributed by atoms with van der Waals surface area (Å²) >= 11 is 0. The number of aromatic nitrogens is 3. The van der Waals surface area contributed by atoms with E-state index in [1.54, 1.807) is 12.1 Å². The lowest BCUT2D eigenvalue weighted by molar-refractivity contribution is 0.0995. The second-order valence-corrected chi connectivity index (χ2v) is 6.11. The quantitative estimate of drug-likeness (QED) is 0.556. The molecule has 0 fully saturated rings. The number of rotatable bonds is 8. The lowest BCUT2D eigenvalue weighted by Gasteiger charge is -2.10. The summed E-state index contributed by atoms with van der Waals surface area (Å²) in [5.41, 5.74) is 9.09. The summed E-state index contributed by atoms with van der Waals surface area (Å²) < 4.78 is 15.7. The van der Waals surface area contributed by atoms with Crippen LogP contribution in [-0.4, -0.2) is 48.0 Å². The Balaban J connectivity index is 1.83. The van der Waals surface area contributed by atoms with Crippen molar-refractivity contribution in [2.24, 2.45) is 0 Å². The fourth-order valence-corrected chi connectivity index (χ4v) is 2.60. The maximum atomic E-state index is 11.3. The van der Waals surface area contributed by atoms with Gasteiger partial charge in [-0.05, 0) is 30.7 Å². The zero-order valence-corrected chi connectivity index (χ0v) is 16.3. The van der Waals surface area contributed by atoms with Gasteiger partial charge in [-0.25, -0.2) is 14.8 Å². The number of pyridine rings is 1. The van der Waals surface area contributed by atoms with Crippen molar-refractivity contribution >= 4 is 28.8 Å². The molecular weight excluding hydrogens is 374 g/mol. The highest BCUT2D eigenvalue weighted by Gasteiger charge is 2.11. The summed E-state index contributed by atoms with van der Waals surface area (Å²) in [5, 5.41) is 2.61. The lowest BCUT2D eigenvalue weighted by atomic mass is 10.1. The molecule has 0 bridgehead atoms. The Morgan fingerprint density at radius 3 is 2.55 bits per heavy atom. The fourth-order valence-electron chi connectivity index (χ4n) is 2.60. The number of ether oxygens (including phenoxy) is 3. The number of nitrogens with two attached hydrogens (primary N) is 1. The maximum Gasteiger partial charge on any atom is 0.411 e. The van der Waals surface area contributed by atoms with Crippen molar-refractivity contribution in [2.75, 3.05) is 38.0 Å². The minimum absolute atomic E-state index is 0.120. The number of benzene rings is 1. The minimum Gasteiger partial charge on any atom is -0.474 e. The van der Waals surface area contributed by atoms with Crippen molar-refractivity contribution in [1.82, 2.24) is 15.0 Å². The molecule has 9 nitrogen and oxygen atoms in total. The molecule has 1 aromatic carbocycles. The van der Waals surface area contributed by atoms with Crippen LogP contribution < -0.4 is 15.8 Å². The average Bonchev–Trinajstić information content (AvgIpc) is 2.73. The second-order valence-electron chi connectivity index (χ2n) is 6.11. The highest BCUT2D eigenvalue weighted by molar-refractivity contribution is 5.86. The Kier molecular flexibility index (Phi) is 6.75. The van der Waals surface area contributed by atoms with E-state index < -0.39 is 6.09 Å². The summed E-state index contributed by atoms with van der Waals surface area (Å²) in [6, 6.07) is 10.9. The fraction of sp³-hybridized carbons (Fsp3) is 0.300. The van der Waals surface area contributed by atoms with E-state index >= 15 is 0 Å². The molecule has 2 heterocycles. The molecular formula is C20H23N5O4. The van der Waals surface area contributed by atoms with E-state index in [2.05, 4.69) is 25.0 Å². The first-order valence-corrected chi connectivity index (χ1v) is 9.21. The first-order valence-electron chi connectivity index (χ1n) is 9.21. The number of fused-ring (bicyclic) bond motifs is 1. The normalized spacial score (nSPS) is 10.7. The molecule has 3 aromatic rings. The molecule has 0 saturated carbocycles. The van der Waals surface area contributed by atoms with Crippen molar-refractivity contribution in [3.8, 4) is 17.1 Å². The highest BCUT2D eigenvalue weighted by Crippen LogP contribution is 2.26. The van der Waals surface area contributed by atoms with Crippen LogP contribution in [0, 0.1) is 0 Å². The first kappa shape index (κ1) is 20.3. The monoisotopic (exact) mass is 397 g/mol. The van der Waals surface area contributed by atoms with E-state index in [9.17, 15) is 4.79 Å². The van der Waals surface area contributed by atoms with Gasteiger partial charge in [0, 0.05) is 17.9 Å². The zero-order valence-electron chi connectivity index (χ0n) is 16.3. The topological polar surface area (TPSA) is 121 Å². The third kappa shape index (κ3) is 5.29. The van der Waals surface area contributed by atoms with Crippen LogP contribution >= 0.6 is 0 Å². The number of nitrogen functional groups attached to an aromatic ring is 1. The highest BCUT2D eigenvalue weighted by atomic mass is 16.5. The molecule has 29 heavy (non-hydrogen) atoms. The Bertz CT molecular complexity index is 979. The molecule has 0 unspecified atom stereocenters. The first-order chi connectivity index (χ1) is 14.1. The maximum absolute atomic E-state index is 11.3. The van der Waals surface area contributed by atoms with Crippen molar-refractivity contribution in [1.29, 1.82) is 0 Å². The number of methoxy groups -OCH3 is 1. The smallest absolute Gasteiger partial charge is 0.411 e. The Labute approximate surface area is 168 Å². The van der Waals surface area contributed by atoms with Crippen molar-refractivity contribution in [3.05, 3.63) is 36.4 Å². The number of hydrogen-bond donors (Lipinski definition) is 2.